The second kappa shape index (κ2) is 171. The Labute approximate surface area is 547 Å². The Morgan fingerprint density at radius 1 is 0.310 bits per heavy atom. The van der Waals surface area contributed by atoms with Gasteiger partial charge in [0.05, 0.1) is 35.0 Å². The van der Waals surface area contributed by atoms with Crippen molar-refractivity contribution in [1.29, 1.82) is 0 Å². The summed E-state index contributed by atoms with van der Waals surface area (Å²) < 4.78 is 70.4. The van der Waals surface area contributed by atoms with Gasteiger partial charge >= 0.3 is 53.7 Å². The van der Waals surface area contributed by atoms with Crippen LogP contribution >= 0.6 is 23.5 Å². The van der Waals surface area contributed by atoms with E-state index in [-0.39, 0.29) is 135 Å². The van der Waals surface area contributed by atoms with Crippen LogP contribution in [0.5, 0.6) is 0 Å². The van der Waals surface area contributed by atoms with Gasteiger partial charge in [0.15, 0.2) is 13.6 Å². The normalized spacial score (nSPS) is 7.03. The molecule has 87 heavy (non-hydrogen) atoms. The van der Waals surface area contributed by atoms with Crippen molar-refractivity contribution in [3.63, 3.8) is 0 Å². The van der Waals surface area contributed by atoms with Crippen molar-refractivity contribution >= 4 is 77.2 Å². The first-order valence-corrected chi connectivity index (χ1v) is 25.7. The van der Waals surface area contributed by atoms with Gasteiger partial charge in [-0.05, 0) is 40.2 Å². The molecule has 0 heterocycles. The molecule has 0 amide bonds. The molecule has 0 fully saturated rings. The number of carbonyl (C=O) groups excluding carboxylic acids is 9. The van der Waals surface area contributed by atoms with E-state index in [2.05, 4.69) is 111 Å². The van der Waals surface area contributed by atoms with Crippen LogP contribution in [0, 0.1) is 0 Å². The summed E-state index contributed by atoms with van der Waals surface area (Å²) in [5.74, 6) is -4.12. The highest BCUT2D eigenvalue weighted by Crippen LogP contribution is 2.01. The second-order valence-electron chi connectivity index (χ2n) is 11.8. The first kappa shape index (κ1) is 160. The lowest BCUT2D eigenvalue weighted by Gasteiger charge is -2.02. The topological polar surface area (TPSA) is 301 Å². The summed E-state index contributed by atoms with van der Waals surface area (Å²) in [4.78, 5) is 91.8. The van der Waals surface area contributed by atoms with Crippen molar-refractivity contribution in [3.05, 3.63) is 0 Å². The SMILES string of the molecule is C.C.C.C.C.C.C.C.C.C.C.C.CC(=O)OCOC(C)=O.CC(=O)OCOCOC(C)=O.CCC.CCC.CCOC.CCOC(=O)CC.CCOCC.COC.COC(=O)CC(=O)OC.COC(=O)COCC(=O)OC.COCOC.CSCSC. The van der Waals surface area contributed by atoms with Crippen molar-refractivity contribution < 1.29 is 119 Å². The van der Waals surface area contributed by atoms with Gasteiger partial charge in [-0.15, -0.1) is 0 Å². The van der Waals surface area contributed by atoms with Crippen LogP contribution in [-0.4, -0.2) is 202 Å². The first-order chi connectivity index (χ1) is 35.4. The molecule has 0 unspecified atom stereocenters. The minimum absolute atomic E-state index is 0. The van der Waals surface area contributed by atoms with E-state index in [1.54, 1.807) is 49.4 Å². The number of hydrogen-bond donors (Lipinski definition) is 0. The maximum Gasteiger partial charge on any atom is 0.331 e. The van der Waals surface area contributed by atoms with E-state index in [9.17, 15) is 43.2 Å². The number of ether oxygens (including phenoxy) is 16. The molecule has 0 aromatic carbocycles. The van der Waals surface area contributed by atoms with E-state index in [4.69, 9.17) is 4.74 Å². The smallest absolute Gasteiger partial charge is 0.331 e. The number of carbonyl (C=O) groups is 9. The number of thioether (sulfide) groups is 2. The molecule has 552 valence electrons. The predicted octanol–water partition coefficient (Wildman–Crippen LogP) is 14.5. The molecule has 0 N–H and O–H groups in total. The average Bonchev–Trinajstić information content (AvgIpc) is 3.36. The molecule has 0 aromatic heterocycles. The molecular weight excluding hydrogens is 1180 g/mol. The summed E-state index contributed by atoms with van der Waals surface area (Å²) in [6.45, 7) is 25.3. The van der Waals surface area contributed by atoms with Crippen molar-refractivity contribution in [2.75, 3.05) is 148 Å². The molecule has 0 aromatic rings. The molecule has 27 heteroatoms. The van der Waals surface area contributed by atoms with Gasteiger partial charge in [0.2, 0.25) is 6.79 Å². The third kappa shape index (κ3) is 329. The molecule has 0 aliphatic heterocycles. The Balaban J connectivity index is -0.0000000228. The minimum Gasteiger partial charge on any atom is -0.469 e. The highest BCUT2D eigenvalue weighted by Gasteiger charge is 2.07. The summed E-state index contributed by atoms with van der Waals surface area (Å²) in [6, 6.07) is 0. The van der Waals surface area contributed by atoms with Crippen LogP contribution in [0.15, 0.2) is 0 Å². The quantitative estimate of drug-likeness (QED) is 0.0339. The molecular formula is C60H150O25S2. The van der Waals surface area contributed by atoms with Crippen LogP contribution in [0.4, 0.5) is 0 Å². The molecule has 0 saturated heterocycles. The Bertz CT molecular complexity index is 1090. The standard InChI is InChI=1S/2C6H10O5.2C5H8O4.C5H10O2.C4H10O.C3H8O2.C3H8O.C3H8S2.2C3H8.C2H6O.12CH4/c1-9-5(7)3-11-4-6(8)10-2;1-5(7)10-3-9-4-11-6(2)8;1-8-4(6)3-5(7)9-2;1-4(6)8-3-9-5(2)7;1-3-5(6)7-4-2;1-3-5-4-2;1-4-3-5-2;1-3-4-2;1-4-3-5-2;3*1-3-2;;;;;;;;;;;;/h2*3-4H2,1-2H3;2*3H2,1-2H3;3-4H2,1-2H3;3-4H2,1-2H3;3H2,1-2H3;3H2,1-2H3;3H2,1-2H3;2*3H2,1-2H3;1-2H3;12*1H4. The molecule has 0 aliphatic carbocycles. The summed E-state index contributed by atoms with van der Waals surface area (Å²) in [5, 5.41) is 1.22. The zero-order valence-corrected chi connectivity index (χ0v) is 51.8. The minimum atomic E-state index is -0.582. The Morgan fingerprint density at radius 3 is 0.690 bits per heavy atom. The molecule has 0 bridgehead atoms. The lowest BCUT2D eigenvalue weighted by molar-refractivity contribution is -0.173. The molecule has 0 spiro atoms. The van der Waals surface area contributed by atoms with E-state index < -0.39 is 47.8 Å². The lowest BCUT2D eigenvalue weighted by Crippen LogP contribution is -2.16. The summed E-state index contributed by atoms with van der Waals surface area (Å²) in [6.07, 6.45) is 6.88. The summed E-state index contributed by atoms with van der Waals surface area (Å²) in [5.41, 5.74) is 0. The average molecular weight is 1340 g/mol. The number of methoxy groups -OCH3 is 8. The van der Waals surface area contributed by atoms with Gasteiger partial charge in [-0.25, -0.2) is 9.59 Å². The van der Waals surface area contributed by atoms with E-state index >= 15 is 0 Å². The monoisotopic (exact) mass is 1330 g/mol. The maximum atomic E-state index is 10.4. The van der Waals surface area contributed by atoms with Crippen molar-refractivity contribution in [2.45, 2.75) is 205 Å². The van der Waals surface area contributed by atoms with Crippen LogP contribution in [0.2, 0.25) is 0 Å². The van der Waals surface area contributed by atoms with Crippen LogP contribution in [0.1, 0.15) is 205 Å². The van der Waals surface area contributed by atoms with Gasteiger partial charge < -0.3 is 75.8 Å². The Hall–Kier alpha value is -4.35. The Morgan fingerprint density at radius 2 is 0.563 bits per heavy atom. The van der Waals surface area contributed by atoms with E-state index in [1.165, 1.54) is 74.1 Å². The van der Waals surface area contributed by atoms with Crippen LogP contribution in [-0.2, 0) is 119 Å². The third-order valence-electron chi connectivity index (χ3n) is 4.62. The van der Waals surface area contributed by atoms with Gasteiger partial charge in [0.25, 0.3) is 0 Å². The van der Waals surface area contributed by atoms with Crippen LogP contribution in [0.25, 0.3) is 0 Å². The van der Waals surface area contributed by atoms with Crippen molar-refractivity contribution in [3.8, 4) is 0 Å². The summed E-state index contributed by atoms with van der Waals surface area (Å²) in [7, 11) is 13.0. The predicted molar refractivity (Wildman–Crippen MR) is 369 cm³/mol. The van der Waals surface area contributed by atoms with Gasteiger partial charge in [0, 0.05) is 94.6 Å². The molecule has 0 aliphatic rings. The number of hydrogen-bond acceptors (Lipinski definition) is 27. The molecule has 0 saturated carbocycles. The van der Waals surface area contributed by atoms with Gasteiger partial charge in [0.1, 0.15) is 26.4 Å². The van der Waals surface area contributed by atoms with E-state index in [0.29, 0.717) is 19.8 Å². The molecule has 0 radical (unpaired) electrons. The number of rotatable bonds is 21. The fourth-order valence-corrected chi connectivity index (χ4v) is 2.72. The molecule has 0 atom stereocenters. The molecule has 0 rings (SSSR count). The number of esters is 9. The van der Waals surface area contributed by atoms with Gasteiger partial charge in [-0.1, -0.05) is 137 Å². The first-order valence-electron chi connectivity index (χ1n) is 22.9. The largest absolute Gasteiger partial charge is 0.469 e. The second-order valence-corrected chi connectivity index (χ2v) is 13.9. The van der Waals surface area contributed by atoms with E-state index in [1.807, 2.05) is 44.3 Å². The van der Waals surface area contributed by atoms with Crippen molar-refractivity contribution in [1.82, 2.24) is 0 Å². The highest BCUT2D eigenvalue weighted by atomic mass is 32.2. The Kier molecular flexibility index (Phi) is 316. The van der Waals surface area contributed by atoms with Gasteiger partial charge in [-0.3, -0.25) is 33.6 Å². The summed E-state index contributed by atoms with van der Waals surface area (Å²) >= 11 is 3.73. The maximum absolute atomic E-state index is 10.4. The zero-order chi connectivity index (χ0) is 61.5. The highest BCUT2D eigenvalue weighted by molar-refractivity contribution is 8.15. The lowest BCUT2D eigenvalue weighted by atomic mass is 10.4. The van der Waals surface area contributed by atoms with Crippen molar-refractivity contribution in [2.24, 2.45) is 0 Å². The fraction of sp³-hybridized carbons (Fsp3) is 0.850. The third-order valence-corrected chi connectivity index (χ3v) is 6.50. The van der Waals surface area contributed by atoms with E-state index in [0.717, 1.165) is 19.8 Å². The van der Waals surface area contributed by atoms with Crippen LogP contribution < -0.4 is 0 Å². The fourth-order valence-electron chi connectivity index (χ4n) is 1.78. The zero-order valence-electron chi connectivity index (χ0n) is 50.1. The molecule has 25 nitrogen and oxygen atoms in total. The van der Waals surface area contributed by atoms with Crippen LogP contribution in [0.3, 0.4) is 0 Å². The van der Waals surface area contributed by atoms with Gasteiger partial charge in [-0.2, -0.15) is 23.5 Å².